The highest BCUT2D eigenvalue weighted by Gasteiger charge is 2.03. The van der Waals surface area contributed by atoms with Gasteiger partial charge in [0, 0.05) is 36.0 Å². The minimum absolute atomic E-state index is 0. The fourth-order valence-corrected chi connectivity index (χ4v) is 3.28. The number of hydrogen-bond acceptors (Lipinski definition) is 3. The van der Waals surface area contributed by atoms with Crippen LogP contribution in [0.15, 0.2) is 29.3 Å². The monoisotopic (exact) mass is 492 g/mol. The Morgan fingerprint density at radius 2 is 1.88 bits per heavy atom. The van der Waals surface area contributed by atoms with Gasteiger partial charge in [0.2, 0.25) is 0 Å². The van der Waals surface area contributed by atoms with Gasteiger partial charge < -0.3 is 10.6 Å². The lowest BCUT2D eigenvalue weighted by Crippen LogP contribution is -2.38. The molecule has 2 rings (SSSR count). The van der Waals surface area contributed by atoms with Crippen LogP contribution < -0.4 is 10.6 Å². The van der Waals surface area contributed by atoms with Crippen LogP contribution in [-0.2, 0) is 12.8 Å². The molecule has 0 radical (unpaired) electrons. The van der Waals surface area contributed by atoms with E-state index in [1.165, 1.54) is 10.4 Å². The number of halogens is 2. The lowest BCUT2D eigenvalue weighted by molar-refractivity contribution is 0.796. The predicted molar refractivity (Wildman–Crippen MR) is 120 cm³/mol. The molecule has 0 amide bonds. The van der Waals surface area contributed by atoms with Gasteiger partial charge in [-0.1, -0.05) is 23.7 Å². The summed E-state index contributed by atoms with van der Waals surface area (Å²) in [7, 11) is 0. The summed E-state index contributed by atoms with van der Waals surface area (Å²) in [5.41, 5.74) is 2.39. The zero-order chi connectivity index (χ0) is 17.4. The molecule has 4 nitrogen and oxygen atoms in total. The molecule has 2 N–H and O–H groups in total. The lowest BCUT2D eigenvalue weighted by atomic mass is 10.1. The largest absolute Gasteiger partial charge is 0.357 e. The number of aryl methyl sites for hydroxylation is 2. The Kier molecular flexibility index (Phi) is 10.4. The second-order valence-electron chi connectivity index (χ2n) is 5.56. The summed E-state index contributed by atoms with van der Waals surface area (Å²) in [5, 5.41) is 8.59. The first kappa shape index (κ1) is 22.2. The van der Waals surface area contributed by atoms with E-state index in [0.717, 1.165) is 54.2 Å². The smallest absolute Gasteiger partial charge is 0.191 e. The number of aromatic nitrogens is 1. The summed E-state index contributed by atoms with van der Waals surface area (Å²) in [6, 6.07) is 7.96. The van der Waals surface area contributed by atoms with Crippen molar-refractivity contribution in [2.45, 2.75) is 33.6 Å². The van der Waals surface area contributed by atoms with E-state index in [1.54, 1.807) is 11.3 Å². The Bertz CT molecular complexity index is 651. The summed E-state index contributed by atoms with van der Waals surface area (Å²) in [6.07, 6.45) is 1.82. The molecular formula is C18H26ClIN4S. The van der Waals surface area contributed by atoms with Gasteiger partial charge in [0.15, 0.2) is 5.96 Å². The van der Waals surface area contributed by atoms with Crippen molar-refractivity contribution in [3.05, 3.63) is 50.4 Å². The molecule has 0 spiro atoms. The average molecular weight is 493 g/mol. The topological polar surface area (TPSA) is 49.3 Å². The van der Waals surface area contributed by atoms with Crippen molar-refractivity contribution in [2.75, 3.05) is 19.6 Å². The normalized spacial score (nSPS) is 11.1. The minimum Gasteiger partial charge on any atom is -0.357 e. The van der Waals surface area contributed by atoms with Crippen molar-refractivity contribution in [1.29, 1.82) is 0 Å². The van der Waals surface area contributed by atoms with Crippen molar-refractivity contribution in [3.63, 3.8) is 0 Å². The van der Waals surface area contributed by atoms with Crippen molar-refractivity contribution in [3.8, 4) is 0 Å². The third-order valence-electron chi connectivity index (χ3n) is 3.63. The van der Waals surface area contributed by atoms with Gasteiger partial charge >= 0.3 is 0 Å². The van der Waals surface area contributed by atoms with E-state index in [4.69, 9.17) is 11.6 Å². The van der Waals surface area contributed by atoms with Gasteiger partial charge in [-0.25, -0.2) is 4.98 Å². The van der Waals surface area contributed by atoms with Crippen LogP contribution >= 0.6 is 46.9 Å². The fourth-order valence-electron chi connectivity index (χ4n) is 2.23. The highest BCUT2D eigenvalue weighted by molar-refractivity contribution is 14.0. The highest BCUT2D eigenvalue weighted by Crippen LogP contribution is 2.16. The number of nitrogens with zero attached hydrogens (tertiary/aromatic N) is 2. The first-order valence-corrected chi connectivity index (χ1v) is 9.47. The van der Waals surface area contributed by atoms with Gasteiger partial charge in [-0.3, -0.25) is 4.99 Å². The van der Waals surface area contributed by atoms with Crippen molar-refractivity contribution >= 4 is 52.9 Å². The molecule has 0 saturated heterocycles. The van der Waals surface area contributed by atoms with E-state index in [9.17, 15) is 0 Å². The minimum atomic E-state index is 0. The van der Waals surface area contributed by atoms with E-state index in [1.807, 2.05) is 12.1 Å². The van der Waals surface area contributed by atoms with Crippen LogP contribution in [0.3, 0.4) is 0 Å². The first-order chi connectivity index (χ1) is 11.6. The Balaban J connectivity index is 0.00000312. The van der Waals surface area contributed by atoms with E-state index in [0.29, 0.717) is 0 Å². The van der Waals surface area contributed by atoms with Gasteiger partial charge in [0.25, 0.3) is 0 Å². The molecule has 0 aliphatic carbocycles. The number of rotatable bonds is 7. The van der Waals surface area contributed by atoms with Crippen molar-refractivity contribution in [2.24, 2.45) is 4.99 Å². The Morgan fingerprint density at radius 1 is 1.16 bits per heavy atom. The highest BCUT2D eigenvalue weighted by atomic mass is 127. The zero-order valence-corrected chi connectivity index (χ0v) is 18.8. The van der Waals surface area contributed by atoms with Crippen molar-refractivity contribution < 1.29 is 0 Å². The molecule has 1 aromatic heterocycles. The van der Waals surface area contributed by atoms with Crippen LogP contribution in [0.2, 0.25) is 5.02 Å². The van der Waals surface area contributed by atoms with Gasteiger partial charge in [0.05, 0.1) is 10.7 Å². The molecule has 25 heavy (non-hydrogen) atoms. The molecule has 0 fully saturated rings. The summed E-state index contributed by atoms with van der Waals surface area (Å²) in [6.45, 7) is 8.67. The number of thiazole rings is 1. The number of nitrogens with one attached hydrogen (secondary N) is 2. The average Bonchev–Trinajstić information content (AvgIpc) is 2.87. The predicted octanol–water partition coefficient (Wildman–Crippen LogP) is 4.37. The fraction of sp³-hybridized carbons (Fsp3) is 0.444. The number of benzene rings is 1. The molecule has 0 aliphatic heterocycles. The maximum absolute atomic E-state index is 5.91. The summed E-state index contributed by atoms with van der Waals surface area (Å²) < 4.78 is 0. The van der Waals surface area contributed by atoms with Crippen molar-refractivity contribution in [1.82, 2.24) is 15.6 Å². The van der Waals surface area contributed by atoms with Gasteiger partial charge in [-0.15, -0.1) is 35.3 Å². The molecule has 7 heteroatoms. The molecule has 2 aromatic rings. The molecule has 0 aliphatic rings. The Labute approximate surface area is 176 Å². The van der Waals surface area contributed by atoms with Gasteiger partial charge in [-0.2, -0.15) is 0 Å². The maximum Gasteiger partial charge on any atom is 0.191 e. The molecular weight excluding hydrogens is 467 g/mol. The van der Waals surface area contributed by atoms with Crippen LogP contribution in [0.4, 0.5) is 0 Å². The van der Waals surface area contributed by atoms with E-state index >= 15 is 0 Å². The van der Waals surface area contributed by atoms with E-state index < -0.39 is 0 Å². The van der Waals surface area contributed by atoms with Crippen LogP contribution in [0.25, 0.3) is 0 Å². The maximum atomic E-state index is 5.91. The molecule has 0 bridgehead atoms. The molecule has 1 heterocycles. The van der Waals surface area contributed by atoms with Crippen LogP contribution in [-0.4, -0.2) is 30.6 Å². The second-order valence-corrected chi connectivity index (χ2v) is 7.29. The van der Waals surface area contributed by atoms with Crippen LogP contribution in [0, 0.1) is 13.8 Å². The number of hydrogen-bond donors (Lipinski definition) is 2. The molecule has 138 valence electrons. The Morgan fingerprint density at radius 3 is 2.48 bits per heavy atom. The summed E-state index contributed by atoms with van der Waals surface area (Å²) in [4.78, 5) is 10.5. The number of aliphatic imine (C=N–C) groups is 1. The molecule has 1 aromatic carbocycles. The third kappa shape index (κ3) is 7.92. The summed E-state index contributed by atoms with van der Waals surface area (Å²) in [5.74, 6) is 0.858. The summed E-state index contributed by atoms with van der Waals surface area (Å²) >= 11 is 7.67. The van der Waals surface area contributed by atoms with Crippen LogP contribution in [0.1, 0.15) is 28.1 Å². The quantitative estimate of drug-likeness (QED) is 0.343. The standard InChI is InChI=1S/C18H25ClN4S.HI/c1-4-20-18(21-11-9-15-5-7-16(19)8-6-15)22-12-10-17-23-13(2)14(3)24-17;/h5-8H,4,9-12H2,1-3H3,(H2,20,21,22);1H. The van der Waals surface area contributed by atoms with Crippen LogP contribution in [0.5, 0.6) is 0 Å². The molecule has 0 atom stereocenters. The molecule has 0 unspecified atom stereocenters. The zero-order valence-electron chi connectivity index (χ0n) is 14.9. The second kappa shape index (κ2) is 11.7. The Hall–Kier alpha value is -0.860. The SMILES string of the molecule is CCNC(=NCCc1nc(C)c(C)s1)NCCc1ccc(Cl)cc1.I. The van der Waals surface area contributed by atoms with Gasteiger partial charge in [-0.05, 0) is 44.9 Å². The first-order valence-electron chi connectivity index (χ1n) is 8.28. The molecule has 0 saturated carbocycles. The van der Waals surface area contributed by atoms with E-state index in [-0.39, 0.29) is 24.0 Å². The number of guanidine groups is 1. The van der Waals surface area contributed by atoms with E-state index in [2.05, 4.69) is 53.5 Å². The third-order valence-corrected chi connectivity index (χ3v) is 5.02. The van der Waals surface area contributed by atoms with Gasteiger partial charge in [0.1, 0.15) is 0 Å². The lowest BCUT2D eigenvalue weighted by Gasteiger charge is -2.11.